The quantitative estimate of drug-likeness (QED) is 0.277. The van der Waals surface area contributed by atoms with Crippen molar-refractivity contribution in [2.45, 2.75) is 45.3 Å². The summed E-state index contributed by atoms with van der Waals surface area (Å²) in [5.41, 5.74) is 3.07. The highest BCUT2D eigenvalue weighted by molar-refractivity contribution is 6.21. The largest absolute Gasteiger partial charge is 0.444 e. The second-order valence-electron chi connectivity index (χ2n) is 11.8. The molecular formula is C33H34N4O4. The SMILES string of the molecule is CC(C)(C)OC(=O)N1CCC(C(CN2C(=O)c3ccccc3C2=O)n2c(-c3ccccc3)nc3ccccc32)CC1. The Morgan fingerprint density at radius 3 is 2.10 bits per heavy atom. The summed E-state index contributed by atoms with van der Waals surface area (Å²) in [5.74, 6) is 0.334. The van der Waals surface area contributed by atoms with Crippen LogP contribution in [0.3, 0.4) is 0 Å². The van der Waals surface area contributed by atoms with E-state index in [1.165, 1.54) is 4.90 Å². The van der Waals surface area contributed by atoms with Crippen LogP contribution < -0.4 is 0 Å². The Labute approximate surface area is 239 Å². The van der Waals surface area contributed by atoms with Gasteiger partial charge in [-0.05, 0) is 63.8 Å². The molecule has 0 aliphatic carbocycles. The van der Waals surface area contributed by atoms with E-state index >= 15 is 0 Å². The molecule has 41 heavy (non-hydrogen) atoms. The molecule has 0 saturated carbocycles. The molecule has 0 radical (unpaired) electrons. The van der Waals surface area contributed by atoms with Crippen molar-refractivity contribution in [3.8, 4) is 11.4 Å². The van der Waals surface area contributed by atoms with Crippen molar-refractivity contribution in [1.29, 1.82) is 0 Å². The van der Waals surface area contributed by atoms with Crippen LogP contribution in [0.5, 0.6) is 0 Å². The number of aromatic nitrogens is 2. The summed E-state index contributed by atoms with van der Waals surface area (Å²) in [7, 11) is 0. The molecule has 210 valence electrons. The van der Waals surface area contributed by atoms with Gasteiger partial charge in [0, 0.05) is 18.7 Å². The Balaban J connectivity index is 1.39. The molecule has 0 N–H and O–H groups in total. The number of nitrogens with zero attached hydrogens (tertiary/aromatic N) is 4. The molecule has 1 fully saturated rings. The van der Waals surface area contributed by atoms with Crippen LogP contribution in [-0.4, -0.2) is 62.5 Å². The number of imide groups is 1. The van der Waals surface area contributed by atoms with Gasteiger partial charge < -0.3 is 14.2 Å². The number of imidazole rings is 1. The fraction of sp³-hybridized carbons (Fsp3) is 0.333. The summed E-state index contributed by atoms with van der Waals surface area (Å²) in [4.78, 5) is 48.0. The maximum Gasteiger partial charge on any atom is 0.410 e. The molecule has 3 amide bonds. The van der Waals surface area contributed by atoms with Crippen LogP contribution in [0.2, 0.25) is 0 Å². The van der Waals surface area contributed by atoms with E-state index in [1.54, 1.807) is 29.2 Å². The zero-order valence-electron chi connectivity index (χ0n) is 23.6. The highest BCUT2D eigenvalue weighted by Gasteiger charge is 2.40. The van der Waals surface area contributed by atoms with E-state index < -0.39 is 5.60 Å². The lowest BCUT2D eigenvalue weighted by Crippen LogP contribution is -2.45. The predicted molar refractivity (Wildman–Crippen MR) is 157 cm³/mol. The van der Waals surface area contributed by atoms with E-state index in [0.717, 1.165) is 22.4 Å². The minimum atomic E-state index is -0.567. The van der Waals surface area contributed by atoms with Crippen molar-refractivity contribution in [1.82, 2.24) is 19.4 Å². The van der Waals surface area contributed by atoms with Crippen LogP contribution >= 0.6 is 0 Å². The van der Waals surface area contributed by atoms with Crippen molar-refractivity contribution in [2.75, 3.05) is 19.6 Å². The van der Waals surface area contributed by atoms with Crippen LogP contribution in [0.1, 0.15) is 60.4 Å². The third kappa shape index (κ3) is 5.10. The summed E-state index contributed by atoms with van der Waals surface area (Å²) < 4.78 is 7.84. The molecule has 8 heteroatoms. The van der Waals surface area contributed by atoms with Crippen molar-refractivity contribution < 1.29 is 19.1 Å². The van der Waals surface area contributed by atoms with Gasteiger partial charge in [0.05, 0.1) is 34.7 Å². The summed E-state index contributed by atoms with van der Waals surface area (Å²) in [6.07, 6.45) is 1.09. The average Bonchev–Trinajstić information content (AvgIpc) is 3.47. The number of carbonyl (C=O) groups is 3. The number of fused-ring (bicyclic) bond motifs is 2. The number of rotatable bonds is 5. The first-order chi connectivity index (χ1) is 19.7. The highest BCUT2D eigenvalue weighted by Crippen LogP contribution is 2.38. The summed E-state index contributed by atoms with van der Waals surface area (Å²) in [6.45, 7) is 6.88. The Bertz CT molecular complexity index is 1580. The molecule has 1 saturated heterocycles. The lowest BCUT2D eigenvalue weighted by molar-refractivity contribution is 0.0157. The van der Waals surface area contributed by atoms with Gasteiger partial charge in [-0.1, -0.05) is 54.6 Å². The Hall–Kier alpha value is -4.46. The third-order valence-corrected chi connectivity index (χ3v) is 7.94. The van der Waals surface area contributed by atoms with Gasteiger partial charge in [-0.25, -0.2) is 9.78 Å². The molecule has 8 nitrogen and oxygen atoms in total. The topological polar surface area (TPSA) is 84.7 Å². The first-order valence-corrected chi connectivity index (χ1v) is 14.2. The molecule has 4 aromatic rings. The third-order valence-electron chi connectivity index (χ3n) is 7.94. The fourth-order valence-corrected chi connectivity index (χ4v) is 6.00. The molecule has 3 aromatic carbocycles. The number of piperidine rings is 1. The van der Waals surface area contributed by atoms with E-state index in [4.69, 9.17) is 9.72 Å². The predicted octanol–water partition coefficient (Wildman–Crippen LogP) is 6.19. The van der Waals surface area contributed by atoms with Gasteiger partial charge >= 0.3 is 6.09 Å². The van der Waals surface area contributed by atoms with Crippen LogP contribution in [-0.2, 0) is 4.74 Å². The van der Waals surface area contributed by atoms with Gasteiger partial charge in [-0.15, -0.1) is 0 Å². The molecule has 2 aliphatic heterocycles. The zero-order chi connectivity index (χ0) is 28.7. The fourth-order valence-electron chi connectivity index (χ4n) is 6.00. The summed E-state index contributed by atoms with van der Waals surface area (Å²) in [5, 5.41) is 0. The molecule has 0 spiro atoms. The van der Waals surface area contributed by atoms with Crippen molar-refractivity contribution >= 4 is 28.9 Å². The first kappa shape index (κ1) is 26.7. The molecule has 1 unspecified atom stereocenters. The van der Waals surface area contributed by atoms with Crippen LogP contribution in [0, 0.1) is 5.92 Å². The average molecular weight is 551 g/mol. The molecule has 6 rings (SSSR count). The van der Waals surface area contributed by atoms with E-state index in [1.807, 2.05) is 75.4 Å². The molecular weight excluding hydrogens is 516 g/mol. The number of carbonyl (C=O) groups excluding carboxylic acids is 3. The molecule has 3 heterocycles. The summed E-state index contributed by atoms with van der Waals surface area (Å²) in [6, 6.07) is 24.7. The van der Waals surface area contributed by atoms with Gasteiger partial charge in [-0.2, -0.15) is 0 Å². The number of benzene rings is 3. The second-order valence-corrected chi connectivity index (χ2v) is 11.8. The maximum atomic E-state index is 13.5. The van der Waals surface area contributed by atoms with Gasteiger partial charge in [0.2, 0.25) is 0 Å². The normalized spacial score (nSPS) is 16.8. The molecule has 1 aromatic heterocycles. The molecule has 1 atom stereocenters. The van der Waals surface area contributed by atoms with Crippen LogP contribution in [0.4, 0.5) is 4.79 Å². The Morgan fingerprint density at radius 1 is 0.878 bits per heavy atom. The van der Waals surface area contributed by atoms with Crippen molar-refractivity contribution in [3.05, 3.63) is 90.0 Å². The number of para-hydroxylation sites is 2. The van der Waals surface area contributed by atoms with Gasteiger partial charge in [-0.3, -0.25) is 14.5 Å². The van der Waals surface area contributed by atoms with Crippen molar-refractivity contribution in [2.24, 2.45) is 5.92 Å². The smallest absolute Gasteiger partial charge is 0.410 e. The van der Waals surface area contributed by atoms with E-state index in [9.17, 15) is 14.4 Å². The minimum Gasteiger partial charge on any atom is -0.444 e. The molecule has 2 aliphatic rings. The van der Waals surface area contributed by atoms with E-state index in [-0.39, 0.29) is 36.4 Å². The number of likely N-dealkylation sites (tertiary alicyclic amines) is 1. The highest BCUT2D eigenvalue weighted by atomic mass is 16.6. The minimum absolute atomic E-state index is 0.0815. The number of hydrogen-bond donors (Lipinski definition) is 0. The second kappa shape index (κ2) is 10.5. The zero-order valence-corrected chi connectivity index (χ0v) is 23.6. The summed E-state index contributed by atoms with van der Waals surface area (Å²) >= 11 is 0. The Kier molecular flexibility index (Phi) is 6.85. The van der Waals surface area contributed by atoms with Gasteiger partial charge in [0.1, 0.15) is 11.4 Å². The van der Waals surface area contributed by atoms with Gasteiger partial charge in [0.15, 0.2) is 0 Å². The first-order valence-electron chi connectivity index (χ1n) is 14.2. The lowest BCUT2D eigenvalue weighted by atomic mass is 9.88. The lowest BCUT2D eigenvalue weighted by Gasteiger charge is -2.38. The number of hydrogen-bond acceptors (Lipinski definition) is 5. The van der Waals surface area contributed by atoms with E-state index in [2.05, 4.69) is 4.57 Å². The van der Waals surface area contributed by atoms with E-state index in [0.29, 0.717) is 37.1 Å². The maximum absolute atomic E-state index is 13.5. The van der Waals surface area contributed by atoms with Crippen molar-refractivity contribution in [3.63, 3.8) is 0 Å². The molecule has 0 bridgehead atoms. The monoisotopic (exact) mass is 550 g/mol. The standard InChI is InChI=1S/C33H34N4O4/c1-33(2,3)41-32(40)35-19-17-22(18-20-35)28(21-36-30(38)24-13-7-8-14-25(24)31(36)39)37-27-16-10-9-15-26(27)34-29(37)23-11-5-4-6-12-23/h4-16,22,28H,17-21H2,1-3H3. The number of amides is 3. The Morgan fingerprint density at radius 2 is 1.46 bits per heavy atom. The number of ether oxygens (including phenoxy) is 1. The van der Waals surface area contributed by atoms with Crippen LogP contribution in [0.15, 0.2) is 78.9 Å². The van der Waals surface area contributed by atoms with Crippen LogP contribution in [0.25, 0.3) is 22.4 Å². The van der Waals surface area contributed by atoms with Gasteiger partial charge in [0.25, 0.3) is 11.8 Å².